The smallest absolute Gasteiger partial charge is 0.413 e. The van der Waals surface area contributed by atoms with Crippen molar-refractivity contribution in [2.75, 3.05) is 5.32 Å². The van der Waals surface area contributed by atoms with E-state index >= 15 is 0 Å². The zero-order valence-corrected chi connectivity index (χ0v) is 23.7. The highest BCUT2D eigenvalue weighted by molar-refractivity contribution is 5.83. The number of unbranched alkanes of at least 4 members (excludes halogenated alkanes) is 3. The number of nitrogens with one attached hydrogen (secondary N) is 1. The summed E-state index contributed by atoms with van der Waals surface area (Å²) >= 11 is 0. The molecule has 1 atom stereocenters. The Morgan fingerprint density at radius 3 is 2.33 bits per heavy atom. The van der Waals surface area contributed by atoms with Gasteiger partial charge in [0.15, 0.2) is 11.5 Å². The van der Waals surface area contributed by atoms with Gasteiger partial charge in [0.1, 0.15) is 19.0 Å². The standard InChI is InChI=1S/C29H41N3O7/c1-6-9-11-15-29(14-10-7-2)38-25-20(5)22(19(4)21(12-8-3)26(25)39-29)18-37-28(36)31-23-13-16-32(17-24(33)34)27(35)30-23/h13,16H,6-12,14-15,17-18H2,1-5H3,(H,33,34)(H,30,31,35,36). The van der Waals surface area contributed by atoms with Crippen LogP contribution in [-0.2, 0) is 29.1 Å². The zero-order chi connectivity index (χ0) is 28.6. The van der Waals surface area contributed by atoms with Crippen molar-refractivity contribution in [2.24, 2.45) is 0 Å². The van der Waals surface area contributed by atoms with E-state index < -0.39 is 30.1 Å². The largest absolute Gasteiger partial charge is 0.480 e. The molecule has 1 aliphatic heterocycles. The van der Waals surface area contributed by atoms with Gasteiger partial charge < -0.3 is 19.3 Å². The van der Waals surface area contributed by atoms with E-state index in [-0.39, 0.29) is 12.4 Å². The van der Waals surface area contributed by atoms with E-state index in [1.807, 2.05) is 13.8 Å². The number of hydrogen-bond donors (Lipinski definition) is 2. The number of rotatable bonds is 14. The second-order valence-electron chi connectivity index (χ2n) is 10.1. The lowest BCUT2D eigenvalue weighted by molar-refractivity contribution is -0.137. The normalized spacial score (nSPS) is 15.8. The summed E-state index contributed by atoms with van der Waals surface area (Å²) in [7, 11) is 0. The Hall–Kier alpha value is -3.56. The fourth-order valence-electron chi connectivity index (χ4n) is 4.93. The summed E-state index contributed by atoms with van der Waals surface area (Å²) in [6.45, 7) is 9.94. The van der Waals surface area contributed by atoms with Gasteiger partial charge in [-0.15, -0.1) is 0 Å². The fourth-order valence-corrected chi connectivity index (χ4v) is 4.93. The van der Waals surface area contributed by atoms with E-state index in [9.17, 15) is 14.4 Å². The number of carboxylic acids is 1. The van der Waals surface area contributed by atoms with Gasteiger partial charge in [-0.2, -0.15) is 4.98 Å². The molecule has 0 fully saturated rings. The second-order valence-corrected chi connectivity index (χ2v) is 10.1. The summed E-state index contributed by atoms with van der Waals surface area (Å²) in [6.07, 6.45) is 9.19. The summed E-state index contributed by atoms with van der Waals surface area (Å²) in [5.41, 5.74) is 3.06. The van der Waals surface area contributed by atoms with Crippen LogP contribution in [0.25, 0.3) is 0 Å². The predicted octanol–water partition coefficient (Wildman–Crippen LogP) is 5.88. The van der Waals surface area contributed by atoms with Crippen molar-refractivity contribution < 1.29 is 28.9 Å². The molecule has 10 nitrogen and oxygen atoms in total. The van der Waals surface area contributed by atoms with Crippen molar-refractivity contribution in [3.05, 3.63) is 45.0 Å². The van der Waals surface area contributed by atoms with Gasteiger partial charge in [-0.3, -0.25) is 14.7 Å². The van der Waals surface area contributed by atoms with Crippen LogP contribution in [0, 0.1) is 13.8 Å². The Morgan fingerprint density at radius 2 is 1.69 bits per heavy atom. The summed E-state index contributed by atoms with van der Waals surface area (Å²) < 4.78 is 19.8. The van der Waals surface area contributed by atoms with Crippen molar-refractivity contribution >= 4 is 17.9 Å². The van der Waals surface area contributed by atoms with E-state index in [0.29, 0.717) is 0 Å². The average molecular weight is 544 g/mol. The maximum atomic E-state index is 12.6. The van der Waals surface area contributed by atoms with E-state index in [0.717, 1.165) is 96.1 Å². The first kappa shape index (κ1) is 30.0. The van der Waals surface area contributed by atoms with Gasteiger partial charge in [-0.05, 0) is 50.3 Å². The Balaban J connectivity index is 1.81. The number of carbonyl (C=O) groups is 2. The van der Waals surface area contributed by atoms with Gasteiger partial charge in [0.25, 0.3) is 5.79 Å². The molecule has 1 aliphatic rings. The van der Waals surface area contributed by atoms with Crippen LogP contribution in [0.15, 0.2) is 17.1 Å². The molecule has 0 saturated heterocycles. The van der Waals surface area contributed by atoms with Gasteiger partial charge in [0, 0.05) is 30.2 Å². The Labute approximate surface area is 229 Å². The number of hydrogen-bond acceptors (Lipinski definition) is 7. The SMILES string of the molecule is CCCCCC1(CCCC)Oc2c(C)c(COC(=O)Nc3ccn(CC(=O)O)c(=O)n3)c(C)c(CCC)c2O1. The maximum Gasteiger partial charge on any atom is 0.413 e. The molecule has 3 rings (SSSR count). The van der Waals surface area contributed by atoms with Crippen molar-refractivity contribution in [1.29, 1.82) is 0 Å². The van der Waals surface area contributed by atoms with Gasteiger partial charge in [0.2, 0.25) is 0 Å². The topological polar surface area (TPSA) is 129 Å². The van der Waals surface area contributed by atoms with Crippen LogP contribution >= 0.6 is 0 Å². The van der Waals surface area contributed by atoms with Crippen LogP contribution in [-0.4, -0.2) is 32.5 Å². The molecule has 0 saturated carbocycles. The number of carbonyl (C=O) groups excluding carboxylic acids is 1. The fraction of sp³-hybridized carbons (Fsp3) is 0.586. The molecule has 0 spiro atoms. The number of fused-ring (bicyclic) bond motifs is 1. The molecule has 2 heterocycles. The van der Waals surface area contributed by atoms with Crippen molar-refractivity contribution in [1.82, 2.24) is 9.55 Å². The number of aliphatic carboxylic acids is 1. The zero-order valence-electron chi connectivity index (χ0n) is 23.7. The lowest BCUT2D eigenvalue weighted by Gasteiger charge is -2.28. The molecule has 2 aromatic rings. The predicted molar refractivity (Wildman–Crippen MR) is 148 cm³/mol. The van der Waals surface area contributed by atoms with Crippen molar-refractivity contribution in [3.8, 4) is 11.5 Å². The molecular formula is C29H41N3O7. The monoisotopic (exact) mass is 543 g/mol. The van der Waals surface area contributed by atoms with Crippen LogP contribution in [0.1, 0.15) is 94.4 Å². The minimum atomic E-state index is -1.17. The van der Waals surface area contributed by atoms with E-state index in [1.54, 1.807) is 0 Å². The quantitative estimate of drug-likeness (QED) is 0.283. The summed E-state index contributed by atoms with van der Waals surface area (Å²) in [4.78, 5) is 39.1. The van der Waals surface area contributed by atoms with Crippen molar-refractivity contribution in [2.45, 2.75) is 111 Å². The van der Waals surface area contributed by atoms with E-state index in [1.165, 1.54) is 12.3 Å². The Bertz CT molecular complexity index is 1240. The Morgan fingerprint density at radius 1 is 1.00 bits per heavy atom. The molecule has 39 heavy (non-hydrogen) atoms. The van der Waals surface area contributed by atoms with Crippen molar-refractivity contribution in [3.63, 3.8) is 0 Å². The van der Waals surface area contributed by atoms with Crippen LogP contribution in [0.4, 0.5) is 10.6 Å². The third-order valence-electron chi connectivity index (χ3n) is 7.08. The van der Waals surface area contributed by atoms with Gasteiger partial charge >= 0.3 is 17.8 Å². The average Bonchev–Trinajstić information content (AvgIpc) is 3.27. The minimum Gasteiger partial charge on any atom is -0.480 e. The van der Waals surface area contributed by atoms with Crippen LogP contribution in [0.2, 0.25) is 0 Å². The van der Waals surface area contributed by atoms with E-state index in [2.05, 4.69) is 31.1 Å². The maximum absolute atomic E-state index is 12.6. The number of ether oxygens (including phenoxy) is 3. The van der Waals surface area contributed by atoms with Gasteiger partial charge in [-0.1, -0.05) is 46.5 Å². The Kier molecular flexibility index (Phi) is 10.4. The number of carboxylic acid groups (broad SMARTS) is 1. The molecule has 1 amide bonds. The number of benzene rings is 1. The molecular weight excluding hydrogens is 502 g/mol. The molecule has 214 valence electrons. The molecule has 0 bridgehead atoms. The van der Waals surface area contributed by atoms with Gasteiger partial charge in [-0.25, -0.2) is 9.59 Å². The molecule has 0 radical (unpaired) electrons. The third-order valence-corrected chi connectivity index (χ3v) is 7.08. The second kappa shape index (κ2) is 13.5. The third kappa shape index (κ3) is 7.30. The highest BCUT2D eigenvalue weighted by Crippen LogP contribution is 2.50. The molecule has 1 aromatic carbocycles. The number of nitrogens with zero attached hydrogens (tertiary/aromatic N) is 2. The molecule has 1 unspecified atom stereocenters. The van der Waals surface area contributed by atoms with Crippen LogP contribution < -0.4 is 20.5 Å². The van der Waals surface area contributed by atoms with Crippen LogP contribution in [0.5, 0.6) is 11.5 Å². The first-order valence-corrected chi connectivity index (χ1v) is 13.9. The van der Waals surface area contributed by atoms with Gasteiger partial charge in [0.05, 0.1) is 0 Å². The lowest BCUT2D eigenvalue weighted by Crippen LogP contribution is -2.38. The van der Waals surface area contributed by atoms with Crippen LogP contribution in [0.3, 0.4) is 0 Å². The minimum absolute atomic E-state index is 0.00469. The highest BCUT2D eigenvalue weighted by atomic mass is 16.7. The summed E-state index contributed by atoms with van der Waals surface area (Å²) in [5, 5.41) is 11.3. The van der Waals surface area contributed by atoms with E-state index in [4.69, 9.17) is 19.3 Å². The molecule has 1 aromatic heterocycles. The summed E-state index contributed by atoms with van der Waals surface area (Å²) in [6, 6.07) is 1.34. The number of aromatic nitrogens is 2. The first-order chi connectivity index (χ1) is 18.6. The first-order valence-electron chi connectivity index (χ1n) is 13.9. The molecule has 0 aliphatic carbocycles. The molecule has 10 heteroatoms. The number of amides is 1. The molecule has 2 N–H and O–H groups in total. The number of anilines is 1. The lowest BCUT2D eigenvalue weighted by atomic mass is 9.93. The highest BCUT2D eigenvalue weighted by Gasteiger charge is 2.43. The summed E-state index contributed by atoms with van der Waals surface area (Å²) in [5.74, 6) is -0.306.